The highest BCUT2D eigenvalue weighted by Crippen LogP contribution is 2.18. The van der Waals surface area contributed by atoms with E-state index in [9.17, 15) is 13.2 Å². The number of halogens is 1. The van der Waals surface area contributed by atoms with E-state index in [1.165, 1.54) is 12.1 Å². The van der Waals surface area contributed by atoms with Crippen molar-refractivity contribution in [2.75, 3.05) is 6.54 Å². The van der Waals surface area contributed by atoms with Crippen LogP contribution in [0.5, 0.6) is 0 Å². The first-order chi connectivity index (χ1) is 8.34. The van der Waals surface area contributed by atoms with E-state index >= 15 is 0 Å². The van der Waals surface area contributed by atoms with Gasteiger partial charge in [0.15, 0.2) is 0 Å². The molecule has 0 bridgehead atoms. The van der Waals surface area contributed by atoms with Gasteiger partial charge in [0.25, 0.3) is 5.91 Å². The Kier molecular flexibility index (Phi) is 4.73. The van der Waals surface area contributed by atoms with E-state index in [-0.39, 0.29) is 22.0 Å². The maximum atomic E-state index is 11.7. The summed E-state index contributed by atoms with van der Waals surface area (Å²) in [6.45, 7) is 1.82. The third kappa shape index (κ3) is 4.04. The Morgan fingerprint density at radius 2 is 2.11 bits per heavy atom. The smallest absolute Gasteiger partial charge is 0.252 e. The van der Waals surface area contributed by atoms with Gasteiger partial charge < -0.3 is 5.32 Å². The summed E-state index contributed by atoms with van der Waals surface area (Å²) in [6.07, 6.45) is 0. The van der Waals surface area contributed by atoms with Gasteiger partial charge >= 0.3 is 0 Å². The molecule has 0 fully saturated rings. The first-order valence-electron chi connectivity index (χ1n) is 4.86. The molecule has 0 aromatic heterocycles. The van der Waals surface area contributed by atoms with E-state index in [0.29, 0.717) is 0 Å². The number of amides is 1. The molecule has 0 aliphatic rings. The summed E-state index contributed by atoms with van der Waals surface area (Å²) in [7, 11) is -3.90. The molecule has 0 aliphatic carbocycles. The van der Waals surface area contributed by atoms with Crippen molar-refractivity contribution in [3.8, 4) is 11.8 Å². The molecule has 0 aliphatic heterocycles. The Balaban J connectivity index is 3.06. The van der Waals surface area contributed by atoms with Gasteiger partial charge in [-0.15, -0.1) is 5.92 Å². The topological polar surface area (TPSA) is 89.3 Å². The summed E-state index contributed by atoms with van der Waals surface area (Å²) in [5.41, 5.74) is 0.115. The fraction of sp³-hybridized carbons (Fsp3) is 0.182. The first kappa shape index (κ1) is 14.5. The summed E-state index contributed by atoms with van der Waals surface area (Å²) < 4.78 is 22.4. The predicted molar refractivity (Wildman–Crippen MR) is 68.6 cm³/mol. The van der Waals surface area contributed by atoms with Crippen LogP contribution in [0, 0.1) is 11.8 Å². The molecule has 0 saturated carbocycles. The fourth-order valence-corrected chi connectivity index (χ4v) is 2.06. The van der Waals surface area contributed by atoms with Crippen molar-refractivity contribution in [2.24, 2.45) is 5.14 Å². The second kappa shape index (κ2) is 5.87. The quantitative estimate of drug-likeness (QED) is 0.803. The van der Waals surface area contributed by atoms with Crippen LogP contribution in [0.15, 0.2) is 23.1 Å². The van der Waals surface area contributed by atoms with Crippen LogP contribution in [0.1, 0.15) is 17.3 Å². The highest BCUT2D eigenvalue weighted by molar-refractivity contribution is 7.89. The molecule has 96 valence electrons. The van der Waals surface area contributed by atoms with E-state index in [2.05, 4.69) is 17.2 Å². The van der Waals surface area contributed by atoms with Gasteiger partial charge in [0.2, 0.25) is 10.0 Å². The van der Waals surface area contributed by atoms with Crippen LogP contribution in [-0.4, -0.2) is 20.9 Å². The number of hydrogen-bond acceptors (Lipinski definition) is 3. The molecule has 3 N–H and O–H groups in total. The minimum atomic E-state index is -3.90. The van der Waals surface area contributed by atoms with Crippen LogP contribution in [0.4, 0.5) is 0 Å². The van der Waals surface area contributed by atoms with Gasteiger partial charge in [-0.25, -0.2) is 13.6 Å². The number of carbonyl (C=O) groups is 1. The molecule has 0 spiro atoms. The zero-order valence-electron chi connectivity index (χ0n) is 9.53. The monoisotopic (exact) mass is 286 g/mol. The molecule has 0 saturated heterocycles. The first-order valence-corrected chi connectivity index (χ1v) is 6.78. The molecule has 1 aromatic carbocycles. The summed E-state index contributed by atoms with van der Waals surface area (Å²) in [4.78, 5) is 11.5. The Morgan fingerprint density at radius 3 is 2.67 bits per heavy atom. The number of rotatable bonds is 3. The lowest BCUT2D eigenvalue weighted by Crippen LogP contribution is -2.24. The standard InChI is InChI=1S/C11H11ClN2O3S/c1-2-3-4-14-11(15)8-5-9(12)7-10(6-8)18(13,16)17/h5-7H,4H2,1H3,(H,14,15)(H2,13,16,17). The van der Waals surface area contributed by atoms with Gasteiger partial charge in [-0.2, -0.15) is 0 Å². The summed E-state index contributed by atoms with van der Waals surface area (Å²) >= 11 is 5.73. The van der Waals surface area contributed by atoms with Crippen molar-refractivity contribution < 1.29 is 13.2 Å². The van der Waals surface area contributed by atoms with Gasteiger partial charge in [0.1, 0.15) is 0 Å². The van der Waals surface area contributed by atoms with Gasteiger partial charge in [-0.3, -0.25) is 4.79 Å². The molecule has 18 heavy (non-hydrogen) atoms. The number of nitrogens with two attached hydrogens (primary N) is 1. The van der Waals surface area contributed by atoms with Gasteiger partial charge in [0, 0.05) is 10.6 Å². The average molecular weight is 287 g/mol. The summed E-state index contributed by atoms with van der Waals surface area (Å²) in [6, 6.07) is 3.69. The number of nitrogens with one attached hydrogen (secondary N) is 1. The van der Waals surface area contributed by atoms with Crippen molar-refractivity contribution in [3.05, 3.63) is 28.8 Å². The van der Waals surface area contributed by atoms with Gasteiger partial charge in [-0.05, 0) is 25.1 Å². The molecule has 1 aromatic rings. The van der Waals surface area contributed by atoms with Gasteiger partial charge in [0.05, 0.1) is 11.4 Å². The zero-order valence-corrected chi connectivity index (χ0v) is 11.1. The third-order valence-corrected chi connectivity index (χ3v) is 3.09. The molecule has 7 heteroatoms. The number of hydrogen-bond donors (Lipinski definition) is 2. The lowest BCUT2D eigenvalue weighted by molar-refractivity contribution is 0.0958. The molecule has 0 heterocycles. The second-order valence-electron chi connectivity index (χ2n) is 3.33. The number of sulfonamides is 1. The van der Waals surface area contributed by atoms with Crippen molar-refractivity contribution >= 4 is 27.5 Å². The lowest BCUT2D eigenvalue weighted by Gasteiger charge is -2.05. The minimum absolute atomic E-state index is 0.115. The van der Waals surface area contributed by atoms with Crippen LogP contribution < -0.4 is 10.5 Å². The Labute approximate surface area is 110 Å². The van der Waals surface area contributed by atoms with Crippen molar-refractivity contribution in [3.63, 3.8) is 0 Å². The number of benzene rings is 1. The minimum Gasteiger partial charge on any atom is -0.341 e. The van der Waals surface area contributed by atoms with E-state index in [0.717, 1.165) is 6.07 Å². The van der Waals surface area contributed by atoms with Crippen LogP contribution in [-0.2, 0) is 10.0 Å². The SMILES string of the molecule is CC#CCNC(=O)c1cc(Cl)cc(S(N)(=O)=O)c1. The lowest BCUT2D eigenvalue weighted by atomic mass is 10.2. The molecule has 1 rings (SSSR count). The van der Waals surface area contributed by atoms with Crippen molar-refractivity contribution in [1.82, 2.24) is 5.32 Å². The second-order valence-corrected chi connectivity index (χ2v) is 5.33. The van der Waals surface area contributed by atoms with Crippen LogP contribution in [0.3, 0.4) is 0 Å². The molecule has 5 nitrogen and oxygen atoms in total. The normalized spacial score (nSPS) is 10.4. The summed E-state index contributed by atoms with van der Waals surface area (Å²) in [5, 5.41) is 7.59. The van der Waals surface area contributed by atoms with E-state index < -0.39 is 15.9 Å². The van der Waals surface area contributed by atoms with E-state index in [1.807, 2.05) is 0 Å². The highest BCUT2D eigenvalue weighted by atomic mass is 35.5. The van der Waals surface area contributed by atoms with Crippen LogP contribution >= 0.6 is 11.6 Å². The van der Waals surface area contributed by atoms with Crippen LogP contribution in [0.25, 0.3) is 0 Å². The number of primary sulfonamides is 1. The van der Waals surface area contributed by atoms with Crippen molar-refractivity contribution in [2.45, 2.75) is 11.8 Å². The van der Waals surface area contributed by atoms with Crippen LogP contribution in [0.2, 0.25) is 5.02 Å². The third-order valence-electron chi connectivity index (χ3n) is 1.98. The van der Waals surface area contributed by atoms with E-state index in [4.69, 9.17) is 16.7 Å². The Morgan fingerprint density at radius 1 is 1.44 bits per heavy atom. The molecule has 0 radical (unpaired) electrons. The predicted octanol–water partition coefficient (Wildman–Crippen LogP) is 0.741. The average Bonchev–Trinajstić information content (AvgIpc) is 2.27. The van der Waals surface area contributed by atoms with Crippen molar-refractivity contribution in [1.29, 1.82) is 0 Å². The molecule has 0 unspecified atom stereocenters. The molecule has 1 amide bonds. The largest absolute Gasteiger partial charge is 0.341 e. The van der Waals surface area contributed by atoms with E-state index in [1.54, 1.807) is 6.92 Å². The van der Waals surface area contributed by atoms with Gasteiger partial charge in [-0.1, -0.05) is 17.5 Å². The maximum Gasteiger partial charge on any atom is 0.252 e. The maximum absolute atomic E-state index is 11.7. The molecular weight excluding hydrogens is 276 g/mol. The zero-order chi connectivity index (χ0) is 13.8. The summed E-state index contributed by atoms with van der Waals surface area (Å²) in [5.74, 6) is 4.80. The molecule has 0 atom stereocenters. The number of carbonyl (C=O) groups excluding carboxylic acids is 1. The Bertz CT molecular complexity index is 629. The highest BCUT2D eigenvalue weighted by Gasteiger charge is 2.13. The molecular formula is C11H11ClN2O3S. The Hall–Kier alpha value is -1.55. The fourth-order valence-electron chi connectivity index (χ4n) is 1.17.